The lowest BCUT2D eigenvalue weighted by Crippen LogP contribution is -2.00. The molecule has 0 saturated heterocycles. The molecule has 25 heavy (non-hydrogen) atoms. The van der Waals surface area contributed by atoms with Gasteiger partial charge in [-0.15, -0.1) is 0 Å². The van der Waals surface area contributed by atoms with Crippen LogP contribution in [0.3, 0.4) is 0 Å². The van der Waals surface area contributed by atoms with Gasteiger partial charge in [-0.25, -0.2) is 0 Å². The van der Waals surface area contributed by atoms with Crippen molar-refractivity contribution < 1.29 is 0 Å². The molecule has 2 aliphatic rings. The number of hydrogen-bond acceptors (Lipinski definition) is 0. The molecule has 0 amide bonds. The lowest BCUT2D eigenvalue weighted by atomic mass is 9.87. The van der Waals surface area contributed by atoms with Gasteiger partial charge in [-0.2, -0.15) is 0 Å². The summed E-state index contributed by atoms with van der Waals surface area (Å²) in [6.45, 7) is 4.56. The normalized spacial score (nSPS) is 20.9. The fourth-order valence-electron chi connectivity index (χ4n) is 4.71. The predicted molar refractivity (Wildman–Crippen MR) is 109 cm³/mol. The van der Waals surface area contributed by atoms with Crippen molar-refractivity contribution in [2.45, 2.75) is 57.8 Å². The number of hydrogen-bond donors (Lipinski definition) is 0. The molecule has 2 unspecified atom stereocenters. The van der Waals surface area contributed by atoms with Crippen LogP contribution in [0.2, 0.25) is 0 Å². The van der Waals surface area contributed by atoms with E-state index < -0.39 is 0 Å². The van der Waals surface area contributed by atoms with E-state index in [1.54, 1.807) is 22.3 Å². The second kappa shape index (κ2) is 7.04. The Bertz CT molecular complexity index is 752. The van der Waals surface area contributed by atoms with Gasteiger partial charge in [-0.05, 0) is 52.7 Å². The Hall–Kier alpha value is -2.08. The van der Waals surface area contributed by atoms with Crippen LogP contribution in [0, 0.1) is 0 Å². The van der Waals surface area contributed by atoms with Crippen molar-refractivity contribution in [1.82, 2.24) is 0 Å². The van der Waals surface area contributed by atoms with Gasteiger partial charge >= 0.3 is 0 Å². The van der Waals surface area contributed by atoms with Crippen LogP contribution in [0.25, 0.3) is 11.1 Å². The molecule has 0 radical (unpaired) electrons. The second-order valence-electron chi connectivity index (χ2n) is 7.51. The van der Waals surface area contributed by atoms with E-state index in [4.69, 9.17) is 0 Å². The molecule has 4 rings (SSSR count). The molecule has 0 heterocycles. The quantitative estimate of drug-likeness (QED) is 0.520. The smallest absolute Gasteiger partial charge is 0.00388 e. The van der Waals surface area contributed by atoms with Gasteiger partial charge in [0.15, 0.2) is 0 Å². The van der Waals surface area contributed by atoms with Gasteiger partial charge in [0.2, 0.25) is 0 Å². The largest absolute Gasteiger partial charge is 0.0731 e. The zero-order valence-corrected chi connectivity index (χ0v) is 15.5. The first-order valence-corrected chi connectivity index (χ1v) is 9.91. The van der Waals surface area contributed by atoms with Crippen molar-refractivity contribution in [2.75, 3.05) is 0 Å². The van der Waals surface area contributed by atoms with Crippen molar-refractivity contribution >= 4 is 11.1 Å². The molecular formula is C25H28. The zero-order chi connectivity index (χ0) is 17.2. The molecular weight excluding hydrogens is 300 g/mol. The average molecular weight is 328 g/mol. The van der Waals surface area contributed by atoms with E-state index in [9.17, 15) is 0 Å². The molecule has 0 fully saturated rings. The van der Waals surface area contributed by atoms with Crippen LogP contribution in [0.15, 0.2) is 60.7 Å². The van der Waals surface area contributed by atoms with Gasteiger partial charge < -0.3 is 0 Å². The SMILES string of the molecule is CCCC1=CC(CC2C=C(CCC)c3ccccc32)c2ccccc21. The summed E-state index contributed by atoms with van der Waals surface area (Å²) in [5.41, 5.74) is 9.21. The minimum absolute atomic E-state index is 0.563. The Labute approximate surface area is 152 Å². The Morgan fingerprint density at radius 1 is 0.640 bits per heavy atom. The maximum atomic E-state index is 2.56. The van der Waals surface area contributed by atoms with Gasteiger partial charge in [-0.1, -0.05) is 87.4 Å². The summed E-state index contributed by atoms with van der Waals surface area (Å²) in [7, 11) is 0. The molecule has 0 N–H and O–H groups in total. The van der Waals surface area contributed by atoms with Crippen LogP contribution >= 0.6 is 0 Å². The van der Waals surface area contributed by atoms with Crippen molar-refractivity contribution in [3.63, 3.8) is 0 Å². The summed E-state index contributed by atoms with van der Waals surface area (Å²) in [6.07, 6.45) is 11.2. The highest BCUT2D eigenvalue weighted by Crippen LogP contribution is 2.47. The standard InChI is InChI=1S/C25H28/c1-3-9-18-15-20(24-13-7-5-11-22(18)24)17-21-16-19(10-4-2)23-12-6-8-14-25(21)23/h5-8,11-16,20-21H,3-4,9-10,17H2,1-2H3. The summed E-state index contributed by atoms with van der Waals surface area (Å²) in [6, 6.07) is 18.1. The van der Waals surface area contributed by atoms with Gasteiger partial charge in [0, 0.05) is 11.8 Å². The third-order valence-electron chi connectivity index (χ3n) is 5.76. The van der Waals surface area contributed by atoms with E-state index >= 15 is 0 Å². The molecule has 0 saturated carbocycles. The third-order valence-corrected chi connectivity index (χ3v) is 5.76. The number of benzene rings is 2. The van der Waals surface area contributed by atoms with Gasteiger partial charge in [0.05, 0.1) is 0 Å². The van der Waals surface area contributed by atoms with Crippen LogP contribution in [-0.2, 0) is 0 Å². The maximum Gasteiger partial charge on any atom is 0.00388 e. The minimum Gasteiger partial charge on any atom is -0.0731 e. The predicted octanol–water partition coefficient (Wildman–Crippen LogP) is 7.34. The van der Waals surface area contributed by atoms with Gasteiger partial charge in [-0.3, -0.25) is 0 Å². The Morgan fingerprint density at radius 2 is 1.08 bits per heavy atom. The second-order valence-corrected chi connectivity index (χ2v) is 7.51. The van der Waals surface area contributed by atoms with E-state index in [0.717, 1.165) is 0 Å². The van der Waals surface area contributed by atoms with Crippen LogP contribution in [0.4, 0.5) is 0 Å². The third kappa shape index (κ3) is 2.99. The average Bonchev–Trinajstić information content (AvgIpc) is 3.16. The van der Waals surface area contributed by atoms with Crippen molar-refractivity contribution in [2.24, 2.45) is 0 Å². The van der Waals surface area contributed by atoms with Gasteiger partial charge in [0.1, 0.15) is 0 Å². The molecule has 128 valence electrons. The summed E-state index contributed by atoms with van der Waals surface area (Å²) >= 11 is 0. The Kier molecular flexibility index (Phi) is 4.61. The Morgan fingerprint density at radius 3 is 1.52 bits per heavy atom. The fraction of sp³-hybridized carbons (Fsp3) is 0.360. The summed E-state index contributed by atoms with van der Waals surface area (Å²) in [5, 5.41) is 0. The summed E-state index contributed by atoms with van der Waals surface area (Å²) < 4.78 is 0. The maximum absolute atomic E-state index is 2.56. The molecule has 0 heteroatoms. The molecule has 0 bridgehead atoms. The van der Waals surface area contributed by atoms with Crippen molar-refractivity contribution in [1.29, 1.82) is 0 Å². The zero-order valence-electron chi connectivity index (χ0n) is 15.5. The van der Waals surface area contributed by atoms with E-state index in [1.807, 2.05) is 0 Å². The van der Waals surface area contributed by atoms with Crippen molar-refractivity contribution in [3.05, 3.63) is 82.9 Å². The molecule has 0 aromatic heterocycles. The highest BCUT2D eigenvalue weighted by molar-refractivity contribution is 5.77. The first kappa shape index (κ1) is 16.4. The van der Waals surface area contributed by atoms with Gasteiger partial charge in [0.25, 0.3) is 0 Å². The van der Waals surface area contributed by atoms with Crippen LogP contribution < -0.4 is 0 Å². The van der Waals surface area contributed by atoms with Crippen LogP contribution in [0.1, 0.15) is 80.0 Å². The topological polar surface area (TPSA) is 0 Å². The monoisotopic (exact) mass is 328 g/mol. The van der Waals surface area contributed by atoms with Crippen LogP contribution in [0.5, 0.6) is 0 Å². The lowest BCUT2D eigenvalue weighted by molar-refractivity contribution is 0.685. The highest BCUT2D eigenvalue weighted by atomic mass is 14.3. The molecule has 2 atom stereocenters. The van der Waals surface area contributed by atoms with E-state index in [0.29, 0.717) is 11.8 Å². The molecule has 0 aliphatic heterocycles. The number of rotatable bonds is 6. The van der Waals surface area contributed by atoms with E-state index in [2.05, 4.69) is 74.5 Å². The Balaban J connectivity index is 1.65. The van der Waals surface area contributed by atoms with Crippen molar-refractivity contribution in [3.8, 4) is 0 Å². The number of allylic oxidation sites excluding steroid dienone is 4. The molecule has 0 spiro atoms. The summed E-state index contributed by atoms with van der Waals surface area (Å²) in [5.74, 6) is 1.13. The molecule has 2 aromatic carbocycles. The summed E-state index contributed by atoms with van der Waals surface area (Å²) in [4.78, 5) is 0. The highest BCUT2D eigenvalue weighted by Gasteiger charge is 2.29. The molecule has 0 nitrogen and oxygen atoms in total. The van der Waals surface area contributed by atoms with E-state index in [-0.39, 0.29) is 0 Å². The molecule has 2 aromatic rings. The number of fused-ring (bicyclic) bond motifs is 2. The lowest BCUT2D eigenvalue weighted by Gasteiger charge is -2.16. The van der Waals surface area contributed by atoms with Crippen LogP contribution in [-0.4, -0.2) is 0 Å². The first-order valence-electron chi connectivity index (χ1n) is 9.91. The fourth-order valence-corrected chi connectivity index (χ4v) is 4.71. The van der Waals surface area contributed by atoms with E-state index in [1.165, 1.54) is 43.2 Å². The molecule has 2 aliphatic carbocycles. The first-order chi connectivity index (χ1) is 12.3. The minimum atomic E-state index is 0.563.